The number of hydrogen-bond acceptors (Lipinski definition) is 3. The topological polar surface area (TPSA) is 45.1 Å². The van der Waals surface area contributed by atoms with E-state index in [1.807, 2.05) is 24.4 Å². The largest absolute Gasteiger partial charge is 0.391 e. The van der Waals surface area contributed by atoms with Crippen molar-refractivity contribution in [3.63, 3.8) is 0 Å². The van der Waals surface area contributed by atoms with Crippen LogP contribution >= 0.6 is 0 Å². The summed E-state index contributed by atoms with van der Waals surface area (Å²) in [4.78, 5) is 4.41. The minimum absolute atomic E-state index is 0.136. The first kappa shape index (κ1) is 11.5. The van der Waals surface area contributed by atoms with Crippen LogP contribution in [-0.2, 0) is 0 Å². The first-order valence-electron chi connectivity index (χ1n) is 6.63. The van der Waals surface area contributed by atoms with Crippen molar-refractivity contribution < 1.29 is 5.11 Å². The number of rotatable bonds is 2. The lowest BCUT2D eigenvalue weighted by atomic mass is 9.92. The molecule has 3 nitrogen and oxygen atoms in total. The molecule has 0 saturated heterocycles. The van der Waals surface area contributed by atoms with E-state index in [1.54, 1.807) is 0 Å². The Balaban J connectivity index is 1.90. The van der Waals surface area contributed by atoms with Crippen LogP contribution in [0.25, 0.3) is 10.8 Å². The summed E-state index contributed by atoms with van der Waals surface area (Å²) in [5.41, 5.74) is 0. The first-order chi connectivity index (χ1) is 8.84. The van der Waals surface area contributed by atoms with Gasteiger partial charge in [0.2, 0.25) is 0 Å². The maximum absolute atomic E-state index is 10.0. The average Bonchev–Trinajstić information content (AvgIpc) is 2.42. The summed E-state index contributed by atoms with van der Waals surface area (Å²) in [5.74, 6) is 0.888. The highest BCUT2D eigenvalue weighted by molar-refractivity contribution is 5.91. The summed E-state index contributed by atoms with van der Waals surface area (Å²) in [6, 6.07) is 10.3. The van der Waals surface area contributed by atoms with E-state index in [-0.39, 0.29) is 12.1 Å². The van der Waals surface area contributed by atoms with Gasteiger partial charge in [-0.3, -0.25) is 0 Å². The third kappa shape index (κ3) is 2.18. The van der Waals surface area contributed by atoms with E-state index in [0.29, 0.717) is 0 Å². The molecule has 1 aromatic heterocycles. The van der Waals surface area contributed by atoms with Crippen molar-refractivity contribution >= 4 is 16.6 Å². The van der Waals surface area contributed by atoms with Crippen molar-refractivity contribution in [3.8, 4) is 0 Å². The van der Waals surface area contributed by atoms with E-state index >= 15 is 0 Å². The van der Waals surface area contributed by atoms with Gasteiger partial charge in [-0.05, 0) is 24.3 Å². The molecule has 1 aliphatic rings. The van der Waals surface area contributed by atoms with Gasteiger partial charge in [0.15, 0.2) is 0 Å². The third-order valence-electron chi connectivity index (χ3n) is 3.73. The van der Waals surface area contributed by atoms with Crippen LogP contribution in [0.3, 0.4) is 0 Å². The average molecular weight is 242 g/mol. The molecule has 18 heavy (non-hydrogen) atoms. The minimum Gasteiger partial charge on any atom is -0.391 e. The van der Waals surface area contributed by atoms with Gasteiger partial charge >= 0.3 is 0 Å². The number of fused-ring (bicyclic) bond motifs is 1. The Morgan fingerprint density at radius 3 is 2.83 bits per heavy atom. The molecule has 3 rings (SSSR count). The quantitative estimate of drug-likeness (QED) is 0.851. The third-order valence-corrected chi connectivity index (χ3v) is 3.73. The van der Waals surface area contributed by atoms with Gasteiger partial charge in [0.25, 0.3) is 0 Å². The van der Waals surface area contributed by atoms with Crippen LogP contribution in [0.15, 0.2) is 36.5 Å². The van der Waals surface area contributed by atoms with E-state index in [1.165, 1.54) is 11.8 Å². The van der Waals surface area contributed by atoms with Crippen molar-refractivity contribution in [1.29, 1.82) is 0 Å². The fraction of sp³-hybridized carbons (Fsp3) is 0.400. The lowest BCUT2D eigenvalue weighted by molar-refractivity contribution is 0.116. The molecule has 0 aliphatic heterocycles. The SMILES string of the molecule is OC1CCCCC1Nc1nccc2ccccc12. The fourth-order valence-electron chi connectivity index (χ4n) is 2.69. The molecular formula is C15H18N2O. The molecule has 0 radical (unpaired) electrons. The second-order valence-electron chi connectivity index (χ2n) is 4.98. The molecule has 2 aromatic rings. The van der Waals surface area contributed by atoms with E-state index in [4.69, 9.17) is 0 Å². The molecule has 2 N–H and O–H groups in total. The van der Waals surface area contributed by atoms with Crippen molar-refractivity contribution in [2.24, 2.45) is 0 Å². The zero-order valence-electron chi connectivity index (χ0n) is 10.3. The van der Waals surface area contributed by atoms with Crippen molar-refractivity contribution in [3.05, 3.63) is 36.5 Å². The number of anilines is 1. The van der Waals surface area contributed by atoms with E-state index in [9.17, 15) is 5.11 Å². The van der Waals surface area contributed by atoms with Gasteiger partial charge in [0, 0.05) is 11.6 Å². The Labute approximate surface area is 107 Å². The van der Waals surface area contributed by atoms with E-state index in [2.05, 4.69) is 22.4 Å². The van der Waals surface area contributed by atoms with Crippen molar-refractivity contribution in [2.45, 2.75) is 37.8 Å². The predicted molar refractivity (Wildman–Crippen MR) is 73.6 cm³/mol. The van der Waals surface area contributed by atoms with E-state index in [0.717, 1.165) is 30.5 Å². The molecule has 0 bridgehead atoms. The van der Waals surface area contributed by atoms with Gasteiger partial charge in [-0.1, -0.05) is 37.1 Å². The van der Waals surface area contributed by atoms with E-state index < -0.39 is 0 Å². The number of aliphatic hydroxyl groups excluding tert-OH is 1. The molecule has 2 atom stereocenters. The Morgan fingerprint density at radius 1 is 1.11 bits per heavy atom. The molecule has 1 fully saturated rings. The zero-order valence-corrected chi connectivity index (χ0v) is 10.3. The summed E-state index contributed by atoms with van der Waals surface area (Å²) in [6.07, 6.45) is 5.79. The fourth-order valence-corrected chi connectivity index (χ4v) is 2.69. The van der Waals surface area contributed by atoms with Crippen LogP contribution in [-0.4, -0.2) is 22.2 Å². The summed E-state index contributed by atoms with van der Waals surface area (Å²) in [6.45, 7) is 0. The number of benzene rings is 1. The number of pyridine rings is 1. The minimum atomic E-state index is -0.250. The summed E-state index contributed by atoms with van der Waals surface area (Å²) >= 11 is 0. The van der Waals surface area contributed by atoms with Crippen LogP contribution in [0.1, 0.15) is 25.7 Å². The van der Waals surface area contributed by atoms with Gasteiger partial charge in [-0.15, -0.1) is 0 Å². The van der Waals surface area contributed by atoms with Gasteiger partial charge < -0.3 is 10.4 Å². The molecular weight excluding hydrogens is 224 g/mol. The van der Waals surface area contributed by atoms with Crippen LogP contribution in [0.4, 0.5) is 5.82 Å². The Morgan fingerprint density at radius 2 is 1.94 bits per heavy atom. The molecule has 3 heteroatoms. The molecule has 94 valence electrons. The maximum Gasteiger partial charge on any atom is 0.134 e. The van der Waals surface area contributed by atoms with Crippen LogP contribution in [0.5, 0.6) is 0 Å². The lowest BCUT2D eigenvalue weighted by Crippen LogP contribution is -2.36. The van der Waals surface area contributed by atoms with Crippen LogP contribution in [0.2, 0.25) is 0 Å². The number of aliphatic hydroxyl groups is 1. The molecule has 1 aromatic carbocycles. The molecule has 2 unspecified atom stereocenters. The Hall–Kier alpha value is -1.61. The lowest BCUT2D eigenvalue weighted by Gasteiger charge is -2.29. The number of nitrogens with zero attached hydrogens (tertiary/aromatic N) is 1. The number of aromatic nitrogens is 1. The van der Waals surface area contributed by atoms with Crippen LogP contribution in [0, 0.1) is 0 Å². The Kier molecular flexibility index (Phi) is 3.15. The summed E-state index contributed by atoms with van der Waals surface area (Å²) in [5, 5.41) is 15.7. The second-order valence-corrected chi connectivity index (χ2v) is 4.98. The van der Waals surface area contributed by atoms with Crippen molar-refractivity contribution in [2.75, 3.05) is 5.32 Å². The summed E-state index contributed by atoms with van der Waals surface area (Å²) < 4.78 is 0. The second kappa shape index (κ2) is 4.94. The van der Waals surface area contributed by atoms with Gasteiger partial charge in [0.1, 0.15) is 5.82 Å². The standard InChI is InChI=1S/C15H18N2O/c18-14-8-4-3-7-13(14)17-15-12-6-2-1-5-11(12)9-10-16-15/h1-2,5-6,9-10,13-14,18H,3-4,7-8H2,(H,16,17). The van der Waals surface area contributed by atoms with Crippen molar-refractivity contribution in [1.82, 2.24) is 4.98 Å². The molecule has 1 heterocycles. The highest BCUT2D eigenvalue weighted by Gasteiger charge is 2.23. The highest BCUT2D eigenvalue weighted by Crippen LogP contribution is 2.25. The molecule has 0 spiro atoms. The monoisotopic (exact) mass is 242 g/mol. The van der Waals surface area contributed by atoms with Crippen LogP contribution < -0.4 is 5.32 Å². The van der Waals surface area contributed by atoms with Gasteiger partial charge in [-0.2, -0.15) is 0 Å². The molecule has 1 aliphatic carbocycles. The predicted octanol–water partition coefficient (Wildman–Crippen LogP) is 2.95. The molecule has 0 amide bonds. The van der Waals surface area contributed by atoms with Gasteiger partial charge in [-0.25, -0.2) is 4.98 Å². The number of hydrogen-bond donors (Lipinski definition) is 2. The highest BCUT2D eigenvalue weighted by atomic mass is 16.3. The zero-order chi connectivity index (χ0) is 12.4. The number of nitrogens with one attached hydrogen (secondary N) is 1. The summed E-state index contributed by atoms with van der Waals surface area (Å²) in [7, 11) is 0. The smallest absolute Gasteiger partial charge is 0.134 e. The molecule has 1 saturated carbocycles. The van der Waals surface area contributed by atoms with Gasteiger partial charge in [0.05, 0.1) is 12.1 Å². The normalized spacial score (nSPS) is 24.1. The maximum atomic E-state index is 10.0. The Bertz CT molecular complexity index is 536. The first-order valence-corrected chi connectivity index (χ1v) is 6.63.